The summed E-state index contributed by atoms with van der Waals surface area (Å²) in [5.74, 6) is 0.315. The molecule has 0 unspecified atom stereocenters. The van der Waals surface area contributed by atoms with Crippen LogP contribution in [0.2, 0.25) is 5.02 Å². The molecular weight excluding hydrogens is 484 g/mol. The van der Waals surface area contributed by atoms with Gasteiger partial charge in [-0.15, -0.1) is 0 Å². The van der Waals surface area contributed by atoms with Gasteiger partial charge in [-0.3, -0.25) is 0 Å². The number of ether oxygens (including phenoxy) is 1. The first-order chi connectivity index (χ1) is 17.8. The average molecular weight is 519 g/mol. The quantitative estimate of drug-likeness (QED) is 0.472. The van der Waals surface area contributed by atoms with Crippen molar-refractivity contribution in [1.82, 2.24) is 19.8 Å². The van der Waals surface area contributed by atoms with Crippen LogP contribution in [0.1, 0.15) is 57.6 Å². The van der Waals surface area contributed by atoms with Crippen LogP contribution in [0, 0.1) is 5.92 Å². The number of nitrogens with zero attached hydrogens (tertiary/aromatic N) is 3. The second kappa shape index (κ2) is 10.6. The van der Waals surface area contributed by atoms with Gasteiger partial charge in [0.05, 0.1) is 6.33 Å². The number of carbonyl (C=O) groups excluding carboxylic acids is 1. The van der Waals surface area contributed by atoms with Crippen LogP contribution in [0.25, 0.3) is 11.6 Å². The summed E-state index contributed by atoms with van der Waals surface area (Å²) in [6.07, 6.45) is 17.8. The van der Waals surface area contributed by atoms with E-state index in [1.165, 1.54) is 28.0 Å². The van der Waals surface area contributed by atoms with Crippen molar-refractivity contribution in [2.75, 3.05) is 13.1 Å². The minimum Gasteiger partial charge on any atom is -0.444 e. The lowest BCUT2D eigenvalue weighted by Crippen LogP contribution is -2.42. The van der Waals surface area contributed by atoms with Gasteiger partial charge in [-0.1, -0.05) is 29.8 Å². The summed E-state index contributed by atoms with van der Waals surface area (Å²) < 4.78 is 7.75. The molecule has 2 aromatic rings. The Kier molecular flexibility index (Phi) is 7.29. The molecule has 1 aromatic carbocycles. The lowest BCUT2D eigenvalue weighted by molar-refractivity contribution is 0.0199. The number of likely N-dealkylation sites (tertiary alicyclic amines) is 1. The van der Waals surface area contributed by atoms with Crippen LogP contribution in [0.15, 0.2) is 72.1 Å². The number of nitrogens with one attached hydrogen (secondary N) is 1. The van der Waals surface area contributed by atoms with E-state index in [0.717, 1.165) is 42.8 Å². The lowest BCUT2D eigenvalue weighted by atomic mass is 9.81. The first-order valence-corrected chi connectivity index (χ1v) is 13.5. The van der Waals surface area contributed by atoms with Crippen LogP contribution < -0.4 is 5.32 Å². The maximum Gasteiger partial charge on any atom is 0.410 e. The van der Waals surface area contributed by atoms with Crippen molar-refractivity contribution in [3.63, 3.8) is 0 Å². The maximum absolute atomic E-state index is 12.7. The first kappa shape index (κ1) is 25.4. The number of rotatable bonds is 5. The number of carbonyl (C=O) groups is 1. The highest BCUT2D eigenvalue weighted by Gasteiger charge is 2.33. The first-order valence-electron chi connectivity index (χ1n) is 13.1. The van der Waals surface area contributed by atoms with E-state index in [0.29, 0.717) is 19.0 Å². The molecule has 0 saturated carbocycles. The third kappa shape index (κ3) is 5.85. The predicted octanol–water partition coefficient (Wildman–Crippen LogP) is 6.82. The largest absolute Gasteiger partial charge is 0.444 e. The molecule has 1 saturated heterocycles. The Morgan fingerprint density at radius 1 is 1.24 bits per heavy atom. The Bertz CT molecular complexity index is 1270. The highest BCUT2D eigenvalue weighted by molar-refractivity contribution is 6.30. The van der Waals surface area contributed by atoms with E-state index < -0.39 is 5.60 Å². The normalized spacial score (nSPS) is 17.9. The van der Waals surface area contributed by atoms with Gasteiger partial charge < -0.3 is 19.5 Å². The monoisotopic (exact) mass is 518 g/mol. The summed E-state index contributed by atoms with van der Waals surface area (Å²) in [6.45, 7) is 8.01. The molecule has 3 aliphatic rings. The molecule has 1 fully saturated rings. The van der Waals surface area contributed by atoms with Gasteiger partial charge in [0.2, 0.25) is 0 Å². The molecule has 1 aliphatic carbocycles. The number of piperidine rings is 1. The Morgan fingerprint density at radius 3 is 2.78 bits per heavy atom. The molecule has 3 heterocycles. The fourth-order valence-corrected chi connectivity index (χ4v) is 5.59. The van der Waals surface area contributed by atoms with Gasteiger partial charge in [0.15, 0.2) is 0 Å². The summed E-state index contributed by atoms with van der Waals surface area (Å²) in [5.41, 5.74) is 6.91. The number of allylic oxidation sites excluding steroid dienone is 4. The Morgan fingerprint density at radius 2 is 2.05 bits per heavy atom. The third-order valence-corrected chi connectivity index (χ3v) is 7.32. The third-order valence-electron chi connectivity index (χ3n) is 7.08. The molecule has 194 valence electrons. The van der Waals surface area contributed by atoms with E-state index in [4.69, 9.17) is 16.3 Å². The maximum atomic E-state index is 12.7. The number of dihydropyridines is 1. The Labute approximate surface area is 224 Å². The number of fused-ring (bicyclic) bond motifs is 2. The van der Waals surface area contributed by atoms with Gasteiger partial charge in [-0.25, -0.2) is 9.78 Å². The summed E-state index contributed by atoms with van der Waals surface area (Å²) in [7, 11) is 0. The Balaban J connectivity index is 1.44. The van der Waals surface area contributed by atoms with Crippen LogP contribution in [-0.4, -0.2) is 39.2 Å². The second-order valence-electron chi connectivity index (χ2n) is 10.9. The molecule has 1 N–H and O–H groups in total. The van der Waals surface area contributed by atoms with Crippen molar-refractivity contribution in [1.29, 1.82) is 0 Å². The molecule has 5 rings (SSSR count). The van der Waals surface area contributed by atoms with Crippen LogP contribution in [0.3, 0.4) is 0 Å². The fraction of sp³-hybridized carbons (Fsp3) is 0.400. The lowest BCUT2D eigenvalue weighted by Gasteiger charge is -2.35. The Hall–Kier alpha value is -3.25. The molecule has 37 heavy (non-hydrogen) atoms. The fourth-order valence-electron chi connectivity index (χ4n) is 5.40. The van der Waals surface area contributed by atoms with Gasteiger partial charge in [0.1, 0.15) is 5.60 Å². The molecule has 7 heteroatoms. The smallest absolute Gasteiger partial charge is 0.410 e. The molecule has 0 atom stereocenters. The van der Waals surface area contributed by atoms with Crippen LogP contribution in [-0.2, 0) is 11.3 Å². The van der Waals surface area contributed by atoms with Crippen molar-refractivity contribution >= 4 is 29.3 Å². The number of benzene rings is 1. The van der Waals surface area contributed by atoms with Crippen molar-refractivity contribution < 1.29 is 9.53 Å². The minimum absolute atomic E-state index is 0.224. The highest BCUT2D eigenvalue weighted by atomic mass is 35.5. The topological polar surface area (TPSA) is 59.4 Å². The van der Waals surface area contributed by atoms with Crippen molar-refractivity contribution in [2.24, 2.45) is 5.92 Å². The van der Waals surface area contributed by atoms with Crippen LogP contribution in [0.4, 0.5) is 4.79 Å². The van der Waals surface area contributed by atoms with Crippen molar-refractivity contribution in [2.45, 2.75) is 58.6 Å². The van der Waals surface area contributed by atoms with Gasteiger partial charge in [0, 0.05) is 54.5 Å². The van der Waals surface area contributed by atoms with E-state index >= 15 is 0 Å². The van der Waals surface area contributed by atoms with Crippen LogP contribution >= 0.6 is 11.6 Å². The van der Waals surface area contributed by atoms with Gasteiger partial charge in [-0.2, -0.15) is 0 Å². The number of aromatic nitrogens is 2. The summed E-state index contributed by atoms with van der Waals surface area (Å²) in [5, 5.41) is 4.34. The molecule has 0 radical (unpaired) electrons. The molecule has 0 bridgehead atoms. The highest BCUT2D eigenvalue weighted by Crippen LogP contribution is 2.43. The molecular formula is C30H35ClN4O2. The SMILES string of the molecule is CC(C)(C)OC(=O)N1CCC(C2=C3NC=CC=C3C(CCCn3ccnc3)=Cc3cc(Cl)ccc32)CC1. The zero-order valence-electron chi connectivity index (χ0n) is 21.8. The minimum atomic E-state index is -0.490. The van der Waals surface area contributed by atoms with E-state index in [1.54, 1.807) is 0 Å². The van der Waals surface area contributed by atoms with Crippen molar-refractivity contribution in [3.8, 4) is 0 Å². The van der Waals surface area contributed by atoms with Crippen molar-refractivity contribution in [3.05, 3.63) is 88.3 Å². The van der Waals surface area contributed by atoms with E-state index in [1.807, 2.05) is 56.7 Å². The van der Waals surface area contributed by atoms with E-state index in [9.17, 15) is 4.79 Å². The van der Waals surface area contributed by atoms with Gasteiger partial charge in [0.25, 0.3) is 0 Å². The molecule has 1 aromatic heterocycles. The second-order valence-corrected chi connectivity index (χ2v) is 11.4. The number of hydrogen-bond donors (Lipinski definition) is 1. The number of aryl methyl sites for hydroxylation is 1. The number of hydrogen-bond acceptors (Lipinski definition) is 4. The van der Waals surface area contributed by atoms with Gasteiger partial charge >= 0.3 is 6.09 Å². The molecule has 6 nitrogen and oxygen atoms in total. The summed E-state index contributed by atoms with van der Waals surface area (Å²) in [6, 6.07) is 6.22. The molecule has 0 spiro atoms. The zero-order chi connectivity index (χ0) is 26.0. The number of amides is 1. The summed E-state index contributed by atoms with van der Waals surface area (Å²) >= 11 is 6.49. The molecule has 2 aliphatic heterocycles. The number of halogens is 1. The zero-order valence-corrected chi connectivity index (χ0v) is 22.6. The van der Waals surface area contributed by atoms with Crippen LogP contribution in [0.5, 0.6) is 0 Å². The van der Waals surface area contributed by atoms with E-state index in [2.05, 4.69) is 45.2 Å². The molecule has 1 amide bonds. The predicted molar refractivity (Wildman–Crippen MR) is 149 cm³/mol. The van der Waals surface area contributed by atoms with E-state index in [-0.39, 0.29) is 6.09 Å². The van der Waals surface area contributed by atoms with Gasteiger partial charge in [-0.05, 0) is 92.9 Å². The summed E-state index contributed by atoms with van der Waals surface area (Å²) in [4.78, 5) is 18.7. The average Bonchev–Trinajstić information content (AvgIpc) is 3.33. The standard InChI is InChI=1S/C30H35ClN4O2/c1-30(2,3)37-29(36)35-15-10-21(11-16-35)27-25-9-8-24(31)19-23(25)18-22(26-7-4-12-33-28(26)27)6-5-14-34-17-13-32-20-34/h4,7-9,12-13,17-21,33H,5-6,10-11,14-16H2,1-3H3. The number of imidazole rings is 1.